The average Bonchev–Trinajstić information content (AvgIpc) is 1.57. The zero-order valence-corrected chi connectivity index (χ0v) is 68.2. The number of nitro groups is 1. The van der Waals surface area contributed by atoms with E-state index in [1.54, 1.807) is 34.6 Å². The minimum Gasteiger partial charge on any atom is -0.508 e. The van der Waals surface area contributed by atoms with Crippen molar-refractivity contribution in [1.82, 2.24) is 0 Å². The van der Waals surface area contributed by atoms with Crippen LogP contribution in [-0.2, 0) is 123 Å². The molecule has 11 aliphatic heterocycles. The Kier molecular flexibility index (Phi) is 27.2. The van der Waals surface area contributed by atoms with E-state index in [9.17, 15) is 55.4 Å². The standard InChI is InChI=1S/C73H102Cl2N4O38/c1-27-18-34(80)19-35(81)43(27)63(86)106-39-25-100-73(62-54(39)98-26-99-62)114-40-24-97-65(57(53(40)115-73)96-17-16-77-78-76)112-66-56(94-14)48(84)52(38(107-66)23-91-11)110-68-70(9,88)61(51(92-12)30(4)104-68)111-67-58(85)71(10)60(33(7)103-67)116-72(117-71)21-36(82)49(31(5)113-72)108-41-20-37(105-42-22-69(8,79(89)90)59(95-15)32(6)102-42)50(29(3)101-41)109-64(87)44-28(2)45(74)47(83)46(75)55(44)93-13/h18-19,29-33,36-42,48-54,56-62,65-68,80-85,88H,16-17,20-26H2,1-15H3/t29-,30-,31-,32+,33-,36-,37-,38-,39-,40+,41+,42+,48+,49-,50-,51+,52-,53-,54+,56+,57-,58-,59+,60-,61+,62-,65+,66+,67+,68+,69+,70-,71-,72-,73-/m1/s1. The molecule has 35 atom stereocenters. The second-order valence-electron chi connectivity index (χ2n) is 31.3. The third kappa shape index (κ3) is 16.9. The highest BCUT2D eigenvalue weighted by Crippen LogP contribution is 2.54. The molecule has 2 aromatic rings. The van der Waals surface area contributed by atoms with E-state index in [2.05, 4.69) is 10.0 Å². The number of hydrogen-bond donors (Lipinski definition) is 7. The molecule has 11 fully saturated rings. The number of halogens is 2. The highest BCUT2D eigenvalue weighted by atomic mass is 35.5. The third-order valence-electron chi connectivity index (χ3n) is 23.4. The Morgan fingerprint density at radius 1 is 0.684 bits per heavy atom. The van der Waals surface area contributed by atoms with Crippen LogP contribution in [0, 0.1) is 24.0 Å². The summed E-state index contributed by atoms with van der Waals surface area (Å²) < 4.78 is 169. The van der Waals surface area contributed by atoms with Gasteiger partial charge in [0.05, 0.1) is 88.0 Å². The second kappa shape index (κ2) is 35.5. The molecule has 0 bridgehead atoms. The van der Waals surface area contributed by atoms with Crippen molar-refractivity contribution < 1.29 is 178 Å². The van der Waals surface area contributed by atoms with Gasteiger partial charge < -0.3 is 164 Å². The summed E-state index contributed by atoms with van der Waals surface area (Å²) in [5, 5.41) is 97.1. The van der Waals surface area contributed by atoms with Gasteiger partial charge in [0.25, 0.3) is 11.5 Å². The van der Waals surface area contributed by atoms with Gasteiger partial charge in [0.15, 0.2) is 73.7 Å². The van der Waals surface area contributed by atoms with Crippen LogP contribution in [0.2, 0.25) is 10.0 Å². The van der Waals surface area contributed by atoms with Crippen LogP contribution < -0.4 is 4.74 Å². The molecule has 0 aromatic heterocycles. The zero-order valence-electron chi connectivity index (χ0n) is 66.7. The molecule has 0 radical (unpaired) electrons. The first-order valence-electron chi connectivity index (χ1n) is 38.2. The van der Waals surface area contributed by atoms with Gasteiger partial charge in [-0.15, -0.1) is 0 Å². The van der Waals surface area contributed by atoms with Crippen LogP contribution in [0.15, 0.2) is 17.2 Å². The molecule has 11 heterocycles. The normalized spacial score (nSPS) is 44.5. The minimum atomic E-state index is -2.27. The van der Waals surface area contributed by atoms with Gasteiger partial charge in [-0.3, -0.25) is 10.1 Å². The van der Waals surface area contributed by atoms with E-state index in [1.807, 2.05) is 0 Å². The molecule has 44 heteroatoms. The number of carbonyl (C=O) groups excluding carboxylic acids is 2. The molecular weight excluding hydrogens is 1610 g/mol. The highest BCUT2D eigenvalue weighted by Gasteiger charge is 2.71. The zero-order chi connectivity index (χ0) is 84.6. The Morgan fingerprint density at radius 3 is 2.08 bits per heavy atom. The van der Waals surface area contributed by atoms with Crippen LogP contribution in [0.4, 0.5) is 0 Å². The summed E-state index contributed by atoms with van der Waals surface area (Å²) in [6, 6.07) is 2.28. The SMILES string of the molecule is COC[C@H]1O[C@@H](O[C@@H]2OC[C@@H]3O[C@@]4(OC[C@@H](OC(=O)c5c(C)cc(O)cc5O)[C@@H]5OCO[C@H]54)O[C@H]3[C@H]2OCCN=[N+]=[N-])[C@@H](OC)[C@@H](O)[C@@H]1O[C@@H]1O[C@H](C)[C@H](OC)[C@H](O[C@@H]2O[C@H](C)[C@H]3O[C@]4(C[C@@H](O)[C@H](O[C@H]5C[C@@H](O[C@H]6C[C@](C)([N+](=O)[O-])[C@@H](OC)[C@H](C)O6)[C@H](OC(=O)c6c(C)c(Cl)c(O)c(Cl)c6OC)[C@@H](C)O5)[C@@H](C)O4)O[C@]3(C)[C@@H]2O)[C@@]1(C)O. The molecule has 0 saturated carbocycles. The van der Waals surface area contributed by atoms with Gasteiger partial charge in [0.1, 0.15) is 131 Å². The van der Waals surface area contributed by atoms with Gasteiger partial charge >= 0.3 is 17.9 Å². The van der Waals surface area contributed by atoms with Gasteiger partial charge in [-0.2, -0.15) is 0 Å². The Hall–Kier alpha value is -5.25. The largest absolute Gasteiger partial charge is 0.508 e. The van der Waals surface area contributed by atoms with Crippen molar-refractivity contribution in [2.75, 3.05) is 75.3 Å². The highest BCUT2D eigenvalue weighted by molar-refractivity contribution is 6.39. The molecule has 2 spiro atoms. The van der Waals surface area contributed by atoms with E-state index in [0.29, 0.717) is 0 Å². The average molecular weight is 1710 g/mol. The predicted octanol–water partition coefficient (Wildman–Crippen LogP) is 2.99. The topological polar surface area (TPSA) is 517 Å². The molecule has 117 heavy (non-hydrogen) atoms. The fraction of sp³-hybridized carbons (Fsp3) is 0.808. The van der Waals surface area contributed by atoms with Crippen molar-refractivity contribution in [1.29, 1.82) is 0 Å². The fourth-order valence-corrected chi connectivity index (χ4v) is 18.2. The number of hydrogen-bond acceptors (Lipinski definition) is 39. The number of esters is 2. The van der Waals surface area contributed by atoms with E-state index in [0.717, 1.165) is 6.07 Å². The van der Waals surface area contributed by atoms with Gasteiger partial charge in [0.2, 0.25) is 0 Å². The van der Waals surface area contributed by atoms with Crippen molar-refractivity contribution in [3.63, 3.8) is 0 Å². The van der Waals surface area contributed by atoms with Crippen LogP contribution in [0.5, 0.6) is 23.0 Å². The molecule has 11 saturated heterocycles. The van der Waals surface area contributed by atoms with Crippen LogP contribution in [0.1, 0.15) is 106 Å². The lowest BCUT2D eigenvalue weighted by Crippen LogP contribution is -2.71. The lowest BCUT2D eigenvalue weighted by atomic mass is 9.85. The number of aliphatic hydroxyl groups excluding tert-OH is 3. The predicted molar refractivity (Wildman–Crippen MR) is 385 cm³/mol. The monoisotopic (exact) mass is 1710 g/mol. The summed E-state index contributed by atoms with van der Waals surface area (Å²) in [7, 11) is 6.54. The third-order valence-corrected chi connectivity index (χ3v) is 24.2. The van der Waals surface area contributed by atoms with E-state index in [1.165, 1.54) is 76.2 Å². The number of ether oxygens (including phenoxy) is 27. The number of rotatable bonds is 25. The summed E-state index contributed by atoms with van der Waals surface area (Å²) in [5.41, 5.74) is 3.29. The van der Waals surface area contributed by atoms with Crippen molar-refractivity contribution >= 4 is 35.1 Å². The lowest BCUT2D eigenvalue weighted by molar-refractivity contribution is -0.595. The van der Waals surface area contributed by atoms with E-state index in [4.69, 9.17) is 157 Å². The summed E-state index contributed by atoms with van der Waals surface area (Å²) in [4.78, 5) is 42.9. The number of azide groups is 1. The Morgan fingerprint density at radius 2 is 1.40 bits per heavy atom. The molecule has 42 nitrogen and oxygen atoms in total. The summed E-state index contributed by atoms with van der Waals surface area (Å²) in [6.07, 6.45) is -39.1. The van der Waals surface area contributed by atoms with Crippen LogP contribution >= 0.6 is 23.2 Å². The molecule has 0 aliphatic carbocycles. The molecular formula is C73H102Cl2N4O38. The van der Waals surface area contributed by atoms with Gasteiger partial charge in [-0.05, 0) is 85.0 Å². The minimum absolute atomic E-state index is 0.0667. The van der Waals surface area contributed by atoms with Crippen LogP contribution in [0.3, 0.4) is 0 Å². The summed E-state index contributed by atoms with van der Waals surface area (Å²) in [5.74, 6) is -7.60. The molecule has 0 unspecified atom stereocenters. The molecule has 656 valence electrons. The number of carbonyl (C=O) groups is 2. The molecule has 2 aromatic carbocycles. The van der Waals surface area contributed by atoms with E-state index in [-0.39, 0.29) is 96.4 Å². The Balaban J connectivity index is 0.667. The number of phenols is 3. The quantitative estimate of drug-likeness (QED) is 0.0143. The maximum Gasteiger partial charge on any atom is 0.342 e. The number of fused-ring (bicyclic) bond motifs is 4. The number of aryl methyl sites for hydroxylation is 1. The number of nitrogens with zero attached hydrogens (tertiary/aromatic N) is 4. The number of aromatic hydroxyl groups is 3. The summed E-state index contributed by atoms with van der Waals surface area (Å²) in [6.45, 7) is 13.6. The first-order chi connectivity index (χ1) is 55.4. The lowest BCUT2D eigenvalue weighted by Gasteiger charge is -2.53. The fourth-order valence-electron chi connectivity index (χ4n) is 17.7. The van der Waals surface area contributed by atoms with Crippen molar-refractivity contribution in [2.45, 2.75) is 301 Å². The van der Waals surface area contributed by atoms with Gasteiger partial charge in [-0.1, -0.05) is 28.3 Å². The first kappa shape index (κ1) is 89.5. The molecule has 11 aliphatic rings. The smallest absolute Gasteiger partial charge is 0.342 e. The maximum absolute atomic E-state index is 14.3. The van der Waals surface area contributed by atoms with E-state index < -0.39 is 248 Å². The van der Waals surface area contributed by atoms with Crippen LogP contribution in [-0.4, -0.2) is 341 Å². The molecule has 0 amide bonds. The van der Waals surface area contributed by atoms with Crippen LogP contribution in [0.25, 0.3) is 10.4 Å². The number of benzene rings is 2. The van der Waals surface area contributed by atoms with Crippen molar-refractivity contribution in [2.24, 2.45) is 5.11 Å². The Bertz CT molecular complexity index is 3900. The van der Waals surface area contributed by atoms with Gasteiger partial charge in [-0.25, -0.2) is 9.59 Å². The van der Waals surface area contributed by atoms with E-state index >= 15 is 0 Å². The van der Waals surface area contributed by atoms with Crippen molar-refractivity contribution in [3.05, 3.63) is 65.0 Å². The Labute approximate surface area is 680 Å². The van der Waals surface area contributed by atoms with Crippen molar-refractivity contribution in [3.8, 4) is 23.0 Å². The first-order valence-corrected chi connectivity index (χ1v) is 38.9. The second-order valence-corrected chi connectivity index (χ2v) is 32.1. The van der Waals surface area contributed by atoms with Gasteiger partial charge in [0, 0.05) is 64.2 Å². The number of aliphatic hydroxyl groups is 4. The molecule has 7 N–H and O–H groups in total. The summed E-state index contributed by atoms with van der Waals surface area (Å²) >= 11 is 12.8. The maximum atomic E-state index is 14.3. The number of methoxy groups -OCH3 is 5. The molecule has 13 rings (SSSR count). The number of phenolic OH excluding ortho intramolecular Hbond substituents is 3.